The fraction of sp³-hybridized carbons (Fsp3) is 0.388. The molecule has 0 bridgehead atoms. The molecule has 0 aromatic heterocycles. The smallest absolute Gasteiger partial charge is 0.225 e. The molecule has 9 heteroatoms. The van der Waals surface area contributed by atoms with E-state index in [2.05, 4.69) is 94.5 Å². The molecule has 1 saturated heterocycles. The minimum atomic E-state index is -2.25. The summed E-state index contributed by atoms with van der Waals surface area (Å²) >= 11 is 7.01. The van der Waals surface area contributed by atoms with Gasteiger partial charge in [0.1, 0.15) is 30.2 Å². The van der Waals surface area contributed by atoms with Gasteiger partial charge in [-0.05, 0) is 76.1 Å². The van der Waals surface area contributed by atoms with Gasteiger partial charge in [0.05, 0.1) is 33.0 Å². The Morgan fingerprint density at radius 2 is 1.29 bits per heavy atom. The zero-order chi connectivity index (χ0) is 40.8. The van der Waals surface area contributed by atoms with Crippen LogP contribution in [0.4, 0.5) is 0 Å². The van der Waals surface area contributed by atoms with Crippen molar-refractivity contribution in [3.05, 3.63) is 171 Å². The number of benzene rings is 5. The van der Waals surface area contributed by atoms with Crippen molar-refractivity contribution >= 4 is 19.9 Å². The zero-order valence-electron chi connectivity index (χ0n) is 34.6. The van der Waals surface area contributed by atoms with Gasteiger partial charge in [0.25, 0.3) is 0 Å². The number of rotatable bonds is 16. The Kier molecular flexibility index (Phi) is 13.6. The van der Waals surface area contributed by atoms with Crippen LogP contribution in [-0.2, 0) is 66.6 Å². The summed E-state index contributed by atoms with van der Waals surface area (Å²) < 4.78 is 48.0. The summed E-state index contributed by atoms with van der Waals surface area (Å²) in [4.78, 5) is 0. The average Bonchev–Trinajstić information content (AvgIpc) is 3.70. The molecule has 0 aliphatic carbocycles. The molecule has 2 aliphatic rings. The van der Waals surface area contributed by atoms with Gasteiger partial charge in [-0.25, -0.2) is 0 Å². The van der Waals surface area contributed by atoms with Crippen LogP contribution in [0.1, 0.15) is 59.7 Å². The third-order valence-electron chi connectivity index (χ3n) is 11.8. The highest BCUT2D eigenvalue weighted by atomic mass is 35.5. The highest BCUT2D eigenvalue weighted by Crippen LogP contribution is 2.46. The van der Waals surface area contributed by atoms with Crippen molar-refractivity contribution in [2.24, 2.45) is 0 Å². The first-order chi connectivity index (χ1) is 28.0. The van der Waals surface area contributed by atoms with E-state index < -0.39 is 38.5 Å². The largest absolute Gasteiger partial charge is 0.493 e. The first kappa shape index (κ1) is 42.3. The normalized spacial score (nSPS) is 22.1. The van der Waals surface area contributed by atoms with Crippen LogP contribution in [0, 0.1) is 0 Å². The van der Waals surface area contributed by atoms with E-state index in [9.17, 15) is 0 Å². The van der Waals surface area contributed by atoms with Crippen molar-refractivity contribution in [1.29, 1.82) is 0 Å². The molecule has 306 valence electrons. The first-order valence-electron chi connectivity index (χ1n) is 20.3. The molecule has 2 heterocycles. The van der Waals surface area contributed by atoms with E-state index in [0.29, 0.717) is 37.9 Å². The van der Waals surface area contributed by atoms with Gasteiger partial charge in [-0.2, -0.15) is 0 Å². The lowest BCUT2D eigenvalue weighted by molar-refractivity contribution is -0.384. The standard InChI is InChI=1S/C49H57ClO7Si/c1-48(2,3)58(5,6)56-34-44-45(53-31-35-16-10-7-11-17-35)46(54-32-36-18-12-8-13-19-36)47(55-33-37-20-14-9-15-21-37)49(51-4,57-44)41-23-24-42(50)40(30-41)29-38-22-25-43-39(28-38)26-27-52-43/h7-25,28,30,44-47H,26-27,29,31-34H2,1-6H3. The molecular formula is C49H57ClO7Si. The molecule has 5 aromatic carbocycles. The minimum Gasteiger partial charge on any atom is -0.493 e. The average molecular weight is 822 g/mol. The second-order valence-corrected chi connectivity index (χ2v) is 22.1. The van der Waals surface area contributed by atoms with Crippen molar-refractivity contribution in [2.75, 3.05) is 20.3 Å². The minimum absolute atomic E-state index is 0.0281. The summed E-state index contributed by atoms with van der Waals surface area (Å²) in [6.45, 7) is 13.2. The molecule has 5 unspecified atom stereocenters. The summed E-state index contributed by atoms with van der Waals surface area (Å²) in [7, 11) is -0.573. The summed E-state index contributed by atoms with van der Waals surface area (Å²) in [5.41, 5.74) is 7.16. The highest BCUT2D eigenvalue weighted by Gasteiger charge is 2.59. The maximum Gasteiger partial charge on any atom is 0.225 e. The lowest BCUT2D eigenvalue weighted by atomic mass is 9.86. The molecule has 5 atom stereocenters. The van der Waals surface area contributed by atoms with E-state index in [1.165, 1.54) is 5.56 Å². The third kappa shape index (κ3) is 9.78. The van der Waals surface area contributed by atoms with Crippen molar-refractivity contribution in [2.45, 2.75) is 102 Å². The van der Waals surface area contributed by atoms with Crippen LogP contribution in [0.3, 0.4) is 0 Å². The molecule has 58 heavy (non-hydrogen) atoms. The highest BCUT2D eigenvalue weighted by molar-refractivity contribution is 6.74. The Balaban J connectivity index is 1.33. The number of fused-ring (bicyclic) bond motifs is 1. The van der Waals surface area contributed by atoms with Crippen LogP contribution in [0.25, 0.3) is 0 Å². The van der Waals surface area contributed by atoms with Crippen LogP contribution in [0.2, 0.25) is 23.2 Å². The predicted octanol–water partition coefficient (Wildman–Crippen LogP) is 10.8. The molecule has 0 radical (unpaired) electrons. The van der Waals surface area contributed by atoms with Crippen LogP contribution >= 0.6 is 11.6 Å². The van der Waals surface area contributed by atoms with E-state index in [-0.39, 0.29) is 11.6 Å². The van der Waals surface area contributed by atoms with Gasteiger partial charge in [0.15, 0.2) is 8.32 Å². The SMILES string of the molecule is COC1(c2ccc(Cl)c(Cc3ccc4c(c3)CCO4)c2)OC(CO[Si](C)(C)C(C)(C)C)C(OCc2ccccc2)C(OCc2ccccc2)C1OCc1ccccc1. The quantitative estimate of drug-likeness (QED) is 0.0919. The second kappa shape index (κ2) is 18.6. The number of hydrogen-bond acceptors (Lipinski definition) is 7. The summed E-state index contributed by atoms with van der Waals surface area (Å²) in [6.07, 6.45) is -1.15. The third-order valence-corrected chi connectivity index (χ3v) is 16.7. The lowest BCUT2D eigenvalue weighted by Gasteiger charge is -2.52. The van der Waals surface area contributed by atoms with Crippen LogP contribution < -0.4 is 4.74 Å². The van der Waals surface area contributed by atoms with Gasteiger partial charge in [-0.15, -0.1) is 0 Å². The van der Waals surface area contributed by atoms with Crippen molar-refractivity contribution in [3.8, 4) is 5.75 Å². The van der Waals surface area contributed by atoms with Gasteiger partial charge in [-0.1, -0.05) is 142 Å². The molecular weight excluding hydrogens is 764 g/mol. The molecule has 0 N–H and O–H groups in total. The summed E-state index contributed by atoms with van der Waals surface area (Å²) in [5.74, 6) is -0.498. The molecule has 2 aliphatic heterocycles. The molecule has 7 rings (SSSR count). The van der Waals surface area contributed by atoms with E-state index >= 15 is 0 Å². The summed E-state index contributed by atoms with van der Waals surface area (Å²) in [6, 6.07) is 42.9. The maximum atomic E-state index is 7.39. The Morgan fingerprint density at radius 3 is 1.88 bits per heavy atom. The molecule has 0 spiro atoms. The number of halogens is 1. The second-order valence-electron chi connectivity index (χ2n) is 16.9. The zero-order valence-corrected chi connectivity index (χ0v) is 36.4. The number of hydrogen-bond donors (Lipinski definition) is 0. The van der Waals surface area contributed by atoms with Crippen molar-refractivity contribution < 1.29 is 32.8 Å². The van der Waals surface area contributed by atoms with Gasteiger partial charge in [0.2, 0.25) is 5.79 Å². The van der Waals surface area contributed by atoms with Gasteiger partial charge < -0.3 is 32.8 Å². The molecule has 0 amide bonds. The van der Waals surface area contributed by atoms with Gasteiger partial charge >= 0.3 is 0 Å². The van der Waals surface area contributed by atoms with E-state index in [0.717, 1.165) is 45.6 Å². The van der Waals surface area contributed by atoms with Crippen LogP contribution in [0.15, 0.2) is 127 Å². The van der Waals surface area contributed by atoms with Crippen LogP contribution in [0.5, 0.6) is 5.75 Å². The number of ether oxygens (including phenoxy) is 6. The van der Waals surface area contributed by atoms with Crippen molar-refractivity contribution in [1.82, 2.24) is 0 Å². The Bertz CT molecular complexity index is 2070. The topological polar surface area (TPSA) is 64.6 Å². The maximum absolute atomic E-state index is 7.39. The predicted molar refractivity (Wildman–Crippen MR) is 232 cm³/mol. The molecule has 7 nitrogen and oxygen atoms in total. The van der Waals surface area contributed by atoms with Crippen LogP contribution in [-0.4, -0.2) is 53.1 Å². The first-order valence-corrected chi connectivity index (χ1v) is 23.6. The van der Waals surface area contributed by atoms with E-state index in [4.69, 9.17) is 44.4 Å². The molecule has 1 fully saturated rings. The molecule has 0 saturated carbocycles. The Morgan fingerprint density at radius 1 is 0.707 bits per heavy atom. The van der Waals surface area contributed by atoms with Gasteiger partial charge in [-0.3, -0.25) is 0 Å². The fourth-order valence-electron chi connectivity index (χ4n) is 7.49. The molecule has 5 aromatic rings. The Hall–Kier alpha value is -3.83. The van der Waals surface area contributed by atoms with Crippen molar-refractivity contribution in [3.63, 3.8) is 0 Å². The lowest BCUT2D eigenvalue weighted by Crippen LogP contribution is -2.66. The fourth-order valence-corrected chi connectivity index (χ4v) is 8.69. The monoisotopic (exact) mass is 820 g/mol. The van der Waals surface area contributed by atoms with E-state index in [1.807, 2.05) is 66.7 Å². The van der Waals surface area contributed by atoms with Gasteiger partial charge in [0, 0.05) is 24.1 Å². The summed E-state index contributed by atoms with van der Waals surface area (Å²) in [5, 5.41) is 0.628. The van der Waals surface area contributed by atoms with E-state index in [1.54, 1.807) is 7.11 Å². The Labute approximate surface area is 350 Å². The number of methoxy groups -OCH3 is 1.